The molecule has 1 aromatic carbocycles. The van der Waals surface area contributed by atoms with Crippen LogP contribution >= 0.6 is 0 Å². The van der Waals surface area contributed by atoms with E-state index in [1.807, 2.05) is 32.9 Å². The summed E-state index contributed by atoms with van der Waals surface area (Å²) in [5, 5.41) is 14.9. The largest absolute Gasteiger partial charge is 0.375 e. The molecule has 1 aromatic rings. The van der Waals surface area contributed by atoms with Gasteiger partial charge in [0.2, 0.25) is 5.91 Å². The summed E-state index contributed by atoms with van der Waals surface area (Å²) < 4.78 is 0. The predicted molar refractivity (Wildman–Crippen MR) is 72.2 cm³/mol. The summed E-state index contributed by atoms with van der Waals surface area (Å²) in [5.74, 6) is 0.372. The highest BCUT2D eigenvalue weighted by Crippen LogP contribution is 2.17. The Morgan fingerprint density at radius 3 is 2.78 bits per heavy atom. The second kappa shape index (κ2) is 6.65. The molecular formula is C14H19N3O. The number of rotatable bonds is 5. The summed E-state index contributed by atoms with van der Waals surface area (Å²) in [6, 6.07) is 7.69. The van der Waals surface area contributed by atoms with E-state index in [0.717, 1.165) is 5.56 Å². The van der Waals surface area contributed by atoms with Gasteiger partial charge in [-0.25, -0.2) is 0 Å². The van der Waals surface area contributed by atoms with Crippen LogP contribution < -0.4 is 10.6 Å². The van der Waals surface area contributed by atoms with Crippen LogP contribution in [0.1, 0.15) is 25.0 Å². The van der Waals surface area contributed by atoms with Gasteiger partial charge < -0.3 is 10.6 Å². The minimum atomic E-state index is -0.0610. The molecule has 18 heavy (non-hydrogen) atoms. The zero-order valence-corrected chi connectivity index (χ0v) is 11.1. The monoisotopic (exact) mass is 245 g/mol. The van der Waals surface area contributed by atoms with Crippen molar-refractivity contribution in [2.24, 2.45) is 5.92 Å². The maximum absolute atomic E-state index is 11.5. The fourth-order valence-corrected chi connectivity index (χ4v) is 1.52. The number of aryl methyl sites for hydroxylation is 1. The van der Waals surface area contributed by atoms with Crippen molar-refractivity contribution < 1.29 is 4.79 Å². The number of nitriles is 1. The van der Waals surface area contributed by atoms with Crippen LogP contribution in [0.25, 0.3) is 0 Å². The van der Waals surface area contributed by atoms with Gasteiger partial charge in [0.15, 0.2) is 0 Å². The lowest BCUT2D eigenvalue weighted by molar-refractivity contribution is -0.119. The van der Waals surface area contributed by atoms with Crippen LogP contribution in [0.4, 0.5) is 5.69 Å². The molecular weight excluding hydrogens is 226 g/mol. The highest BCUT2D eigenvalue weighted by atomic mass is 16.1. The molecule has 4 nitrogen and oxygen atoms in total. The van der Waals surface area contributed by atoms with Gasteiger partial charge in [-0.15, -0.1) is 0 Å². The second-order valence-electron chi connectivity index (χ2n) is 4.66. The number of carbonyl (C=O) groups is 1. The number of hydrogen-bond donors (Lipinski definition) is 2. The first kappa shape index (κ1) is 14.0. The third kappa shape index (κ3) is 4.10. The number of anilines is 1. The highest BCUT2D eigenvalue weighted by molar-refractivity contribution is 5.81. The number of nitrogens with one attached hydrogen (secondary N) is 2. The highest BCUT2D eigenvalue weighted by Gasteiger charge is 2.06. The van der Waals surface area contributed by atoms with E-state index in [4.69, 9.17) is 5.26 Å². The maximum atomic E-state index is 11.5. The molecule has 0 fully saturated rings. The van der Waals surface area contributed by atoms with Gasteiger partial charge in [0.1, 0.15) is 6.07 Å². The van der Waals surface area contributed by atoms with Gasteiger partial charge in [-0.3, -0.25) is 4.79 Å². The van der Waals surface area contributed by atoms with Crippen LogP contribution in [0.3, 0.4) is 0 Å². The van der Waals surface area contributed by atoms with E-state index in [9.17, 15) is 4.79 Å². The van der Waals surface area contributed by atoms with Crippen LogP contribution in [-0.2, 0) is 4.79 Å². The first-order chi connectivity index (χ1) is 8.54. The smallest absolute Gasteiger partial charge is 0.239 e. The topological polar surface area (TPSA) is 64.9 Å². The lowest BCUT2D eigenvalue weighted by atomic mass is 10.1. The summed E-state index contributed by atoms with van der Waals surface area (Å²) in [7, 11) is 0. The fourth-order valence-electron chi connectivity index (χ4n) is 1.52. The summed E-state index contributed by atoms with van der Waals surface area (Å²) in [4.78, 5) is 11.5. The Bertz CT molecular complexity index is 461. The zero-order valence-electron chi connectivity index (χ0n) is 11.1. The van der Waals surface area contributed by atoms with Gasteiger partial charge in [-0.1, -0.05) is 26.0 Å². The molecule has 1 rings (SSSR count). The molecule has 0 aromatic heterocycles. The van der Waals surface area contributed by atoms with Crippen molar-refractivity contribution in [1.82, 2.24) is 5.32 Å². The lowest BCUT2D eigenvalue weighted by Gasteiger charge is -2.11. The predicted octanol–water partition coefficient (Wildman–Crippen LogP) is 2.05. The molecule has 0 radical (unpaired) electrons. The van der Waals surface area contributed by atoms with Crippen molar-refractivity contribution >= 4 is 11.6 Å². The average Bonchev–Trinajstić information content (AvgIpc) is 2.33. The Kier molecular flexibility index (Phi) is 5.19. The van der Waals surface area contributed by atoms with Crippen molar-refractivity contribution in [3.05, 3.63) is 29.3 Å². The van der Waals surface area contributed by atoms with Crippen molar-refractivity contribution in [2.75, 3.05) is 18.4 Å². The number of nitrogens with zero attached hydrogens (tertiary/aromatic N) is 1. The van der Waals surface area contributed by atoms with E-state index in [1.54, 1.807) is 6.07 Å². The number of carbonyl (C=O) groups excluding carboxylic acids is 1. The minimum Gasteiger partial charge on any atom is -0.375 e. The Hall–Kier alpha value is -2.02. The molecule has 1 amide bonds. The van der Waals surface area contributed by atoms with E-state index >= 15 is 0 Å². The van der Waals surface area contributed by atoms with Crippen molar-refractivity contribution in [1.29, 1.82) is 5.26 Å². The first-order valence-corrected chi connectivity index (χ1v) is 6.05. The van der Waals surface area contributed by atoms with E-state index in [-0.39, 0.29) is 12.5 Å². The van der Waals surface area contributed by atoms with Crippen molar-refractivity contribution in [3.63, 3.8) is 0 Å². The first-order valence-electron chi connectivity index (χ1n) is 6.05. The fraction of sp³-hybridized carbons (Fsp3) is 0.429. The minimum absolute atomic E-state index is 0.0610. The molecule has 2 N–H and O–H groups in total. The SMILES string of the molecule is Cc1cccc(NCC(=O)NCC(C)C)c1C#N. The summed E-state index contributed by atoms with van der Waals surface area (Å²) in [6.45, 7) is 6.82. The molecule has 0 bridgehead atoms. The van der Waals surface area contributed by atoms with Gasteiger partial charge in [-0.05, 0) is 24.5 Å². The summed E-state index contributed by atoms with van der Waals surface area (Å²) in [5.41, 5.74) is 2.21. The van der Waals surface area contributed by atoms with E-state index < -0.39 is 0 Å². The number of benzene rings is 1. The Morgan fingerprint density at radius 1 is 1.44 bits per heavy atom. The van der Waals surface area contributed by atoms with Gasteiger partial charge in [0.25, 0.3) is 0 Å². The number of amides is 1. The molecule has 0 aliphatic carbocycles. The molecule has 0 spiro atoms. The molecule has 4 heteroatoms. The third-order valence-electron chi connectivity index (χ3n) is 2.53. The van der Waals surface area contributed by atoms with Gasteiger partial charge in [0.05, 0.1) is 17.8 Å². The van der Waals surface area contributed by atoms with Crippen molar-refractivity contribution in [2.45, 2.75) is 20.8 Å². The molecule has 0 atom stereocenters. The van der Waals surface area contributed by atoms with E-state index in [2.05, 4.69) is 16.7 Å². The van der Waals surface area contributed by atoms with Gasteiger partial charge >= 0.3 is 0 Å². The standard InChI is InChI=1S/C14H19N3O/c1-10(2)8-17-14(18)9-16-13-6-4-5-11(3)12(13)7-15/h4-6,10,16H,8-9H2,1-3H3,(H,17,18). The quantitative estimate of drug-likeness (QED) is 0.834. The van der Waals surface area contributed by atoms with Gasteiger partial charge in [0, 0.05) is 6.54 Å². The van der Waals surface area contributed by atoms with E-state index in [1.165, 1.54) is 0 Å². The number of hydrogen-bond acceptors (Lipinski definition) is 3. The molecule has 0 aliphatic rings. The maximum Gasteiger partial charge on any atom is 0.239 e. The Balaban J connectivity index is 2.57. The normalized spacial score (nSPS) is 9.94. The molecule has 0 saturated heterocycles. The molecule has 0 aliphatic heterocycles. The van der Waals surface area contributed by atoms with Crippen LogP contribution in [0, 0.1) is 24.2 Å². The zero-order chi connectivity index (χ0) is 13.5. The Morgan fingerprint density at radius 2 is 2.17 bits per heavy atom. The molecule has 0 saturated carbocycles. The summed E-state index contributed by atoms with van der Waals surface area (Å²) in [6.07, 6.45) is 0. The van der Waals surface area contributed by atoms with Crippen LogP contribution in [-0.4, -0.2) is 19.0 Å². The molecule has 0 unspecified atom stereocenters. The third-order valence-corrected chi connectivity index (χ3v) is 2.53. The molecule has 96 valence electrons. The van der Waals surface area contributed by atoms with Crippen LogP contribution in [0.5, 0.6) is 0 Å². The lowest BCUT2D eigenvalue weighted by Crippen LogP contribution is -2.32. The summed E-state index contributed by atoms with van der Waals surface area (Å²) >= 11 is 0. The Labute approximate surface area is 108 Å². The average molecular weight is 245 g/mol. The molecule has 0 heterocycles. The van der Waals surface area contributed by atoms with Crippen LogP contribution in [0.15, 0.2) is 18.2 Å². The van der Waals surface area contributed by atoms with E-state index in [0.29, 0.717) is 23.7 Å². The van der Waals surface area contributed by atoms with Crippen molar-refractivity contribution in [3.8, 4) is 6.07 Å². The van der Waals surface area contributed by atoms with Crippen LogP contribution in [0.2, 0.25) is 0 Å². The van der Waals surface area contributed by atoms with Gasteiger partial charge in [-0.2, -0.15) is 5.26 Å². The second-order valence-corrected chi connectivity index (χ2v) is 4.66.